The summed E-state index contributed by atoms with van der Waals surface area (Å²) in [6.45, 7) is 12.1. The third-order valence-electron chi connectivity index (χ3n) is 7.43. The van der Waals surface area contributed by atoms with Crippen LogP contribution in [-0.4, -0.2) is 91.0 Å². The number of piperazine rings is 1. The van der Waals surface area contributed by atoms with E-state index in [9.17, 15) is 5.11 Å². The van der Waals surface area contributed by atoms with Crippen LogP contribution in [0.4, 0.5) is 5.69 Å². The summed E-state index contributed by atoms with van der Waals surface area (Å²) in [5.41, 5.74) is 6.09. The Balaban J connectivity index is 1.29. The second-order valence-corrected chi connectivity index (χ2v) is 10.5. The van der Waals surface area contributed by atoms with Gasteiger partial charge in [-0.05, 0) is 79.0 Å². The first kappa shape index (κ1) is 31.6. The lowest BCUT2D eigenvalue weighted by molar-refractivity contribution is -0.368. The molecule has 0 saturated carbocycles. The van der Waals surface area contributed by atoms with E-state index in [0.717, 1.165) is 56.4 Å². The molecule has 228 valence electrons. The lowest BCUT2D eigenvalue weighted by Gasteiger charge is -2.36. The zero-order valence-corrected chi connectivity index (χ0v) is 25.3. The Morgan fingerprint density at radius 1 is 0.667 bits per heavy atom. The van der Waals surface area contributed by atoms with Crippen molar-refractivity contribution in [3.63, 3.8) is 0 Å². The second kappa shape index (κ2) is 17.0. The number of rotatable bonds is 17. The summed E-state index contributed by atoms with van der Waals surface area (Å²) in [6.07, 6.45) is 0.729. The summed E-state index contributed by atoms with van der Waals surface area (Å²) in [6, 6.07) is 20.6. The first-order valence-electron chi connectivity index (χ1n) is 14.9. The summed E-state index contributed by atoms with van der Waals surface area (Å²) < 4.78 is 28.2. The zero-order valence-electron chi connectivity index (χ0n) is 25.3. The molecule has 1 saturated heterocycles. The quantitative estimate of drug-likeness (QED) is 0.219. The van der Waals surface area contributed by atoms with E-state index in [2.05, 4.69) is 54.0 Å². The van der Waals surface area contributed by atoms with Gasteiger partial charge in [0.1, 0.15) is 37.1 Å². The fourth-order valence-corrected chi connectivity index (χ4v) is 5.03. The Hall–Kier alpha value is -3.30. The molecule has 0 amide bonds. The molecule has 0 unspecified atom stereocenters. The van der Waals surface area contributed by atoms with Crippen molar-refractivity contribution in [1.82, 2.24) is 4.90 Å². The van der Waals surface area contributed by atoms with Crippen LogP contribution >= 0.6 is 0 Å². The van der Waals surface area contributed by atoms with E-state index in [1.807, 2.05) is 30.3 Å². The maximum absolute atomic E-state index is 10.9. The van der Waals surface area contributed by atoms with Crippen molar-refractivity contribution in [2.24, 2.45) is 0 Å². The minimum atomic E-state index is 0.00702. The van der Waals surface area contributed by atoms with Crippen molar-refractivity contribution < 1.29 is 28.8 Å². The Bertz CT molecular complexity index is 1230. The molecular weight excluding hydrogens is 532 g/mol. The SMILES string of the molecule is COCCOCCOc1cccc(OCCOc2ccc(C)c(-c3cc(N4CCN(CCC[O-])CC4)ccc3C)c2)c1. The molecule has 1 aliphatic rings. The highest BCUT2D eigenvalue weighted by Crippen LogP contribution is 2.33. The molecule has 8 heteroatoms. The van der Waals surface area contributed by atoms with E-state index in [1.165, 1.54) is 27.9 Å². The normalized spacial score (nSPS) is 13.8. The molecule has 0 aromatic heterocycles. The number of benzene rings is 3. The van der Waals surface area contributed by atoms with Gasteiger partial charge in [-0.1, -0.05) is 24.6 Å². The van der Waals surface area contributed by atoms with E-state index in [0.29, 0.717) is 39.6 Å². The van der Waals surface area contributed by atoms with Crippen LogP contribution in [0.15, 0.2) is 60.7 Å². The van der Waals surface area contributed by atoms with Crippen LogP contribution in [0.3, 0.4) is 0 Å². The van der Waals surface area contributed by atoms with Gasteiger partial charge in [0.15, 0.2) is 0 Å². The van der Waals surface area contributed by atoms with Gasteiger partial charge in [0.25, 0.3) is 0 Å². The van der Waals surface area contributed by atoms with E-state index in [1.54, 1.807) is 7.11 Å². The predicted molar refractivity (Wildman–Crippen MR) is 165 cm³/mol. The number of anilines is 1. The Morgan fingerprint density at radius 2 is 1.26 bits per heavy atom. The summed E-state index contributed by atoms with van der Waals surface area (Å²) in [4.78, 5) is 4.84. The molecule has 0 N–H and O–H groups in total. The van der Waals surface area contributed by atoms with Gasteiger partial charge in [-0.25, -0.2) is 0 Å². The molecule has 1 aliphatic heterocycles. The van der Waals surface area contributed by atoms with Crippen LogP contribution in [0.25, 0.3) is 11.1 Å². The number of nitrogens with zero attached hydrogens (tertiary/aromatic N) is 2. The largest absolute Gasteiger partial charge is 0.854 e. The van der Waals surface area contributed by atoms with Crippen molar-refractivity contribution in [1.29, 1.82) is 0 Å². The van der Waals surface area contributed by atoms with E-state index in [4.69, 9.17) is 23.7 Å². The Labute approximate surface area is 250 Å². The standard InChI is InChI=1S/C34H45N2O6/c1-27-8-10-29(36-15-13-35(14-16-36)12-5-17-37)24-33(27)34-26-32(11-9-28(34)2)42-23-22-41-31-7-4-6-30(25-31)40-21-20-39-19-18-38-3/h4,6-11,24-26H,5,12-23H2,1-3H3/q-1. The molecule has 0 spiro atoms. The maximum Gasteiger partial charge on any atom is 0.123 e. The highest BCUT2D eigenvalue weighted by atomic mass is 16.5. The number of hydrogen-bond acceptors (Lipinski definition) is 8. The van der Waals surface area contributed by atoms with Crippen LogP contribution < -0.4 is 24.2 Å². The Morgan fingerprint density at radius 3 is 1.93 bits per heavy atom. The van der Waals surface area contributed by atoms with Crippen molar-refractivity contribution in [3.05, 3.63) is 71.8 Å². The zero-order chi connectivity index (χ0) is 29.6. The highest BCUT2D eigenvalue weighted by molar-refractivity contribution is 5.75. The number of methoxy groups -OCH3 is 1. The lowest BCUT2D eigenvalue weighted by Crippen LogP contribution is -2.47. The van der Waals surface area contributed by atoms with Crippen LogP contribution in [0, 0.1) is 13.8 Å². The van der Waals surface area contributed by atoms with Crippen LogP contribution in [0.5, 0.6) is 17.2 Å². The molecule has 1 fully saturated rings. The number of hydrogen-bond donors (Lipinski definition) is 0. The maximum atomic E-state index is 10.9. The molecule has 8 nitrogen and oxygen atoms in total. The summed E-state index contributed by atoms with van der Waals surface area (Å²) in [5.74, 6) is 2.30. The van der Waals surface area contributed by atoms with E-state index in [-0.39, 0.29) is 6.61 Å². The van der Waals surface area contributed by atoms with Gasteiger partial charge in [-0.2, -0.15) is 0 Å². The van der Waals surface area contributed by atoms with E-state index < -0.39 is 0 Å². The van der Waals surface area contributed by atoms with Gasteiger partial charge >= 0.3 is 0 Å². The van der Waals surface area contributed by atoms with Crippen LogP contribution in [0.2, 0.25) is 0 Å². The number of aryl methyl sites for hydroxylation is 2. The molecule has 42 heavy (non-hydrogen) atoms. The second-order valence-electron chi connectivity index (χ2n) is 10.5. The predicted octanol–water partition coefficient (Wildman–Crippen LogP) is 4.34. The average Bonchev–Trinajstić information content (AvgIpc) is 3.01. The first-order valence-corrected chi connectivity index (χ1v) is 14.9. The first-order chi connectivity index (χ1) is 20.6. The smallest absolute Gasteiger partial charge is 0.123 e. The average molecular weight is 578 g/mol. The molecule has 0 atom stereocenters. The molecule has 3 aromatic rings. The molecule has 1 heterocycles. The lowest BCUT2D eigenvalue weighted by atomic mass is 9.95. The van der Waals surface area contributed by atoms with Gasteiger partial charge in [-0.3, -0.25) is 4.90 Å². The van der Waals surface area contributed by atoms with Crippen molar-refractivity contribution in [2.75, 3.05) is 91.0 Å². The minimum Gasteiger partial charge on any atom is -0.854 e. The van der Waals surface area contributed by atoms with Gasteiger partial charge in [0, 0.05) is 45.0 Å². The molecule has 3 aromatic carbocycles. The van der Waals surface area contributed by atoms with Crippen molar-refractivity contribution in [2.45, 2.75) is 20.3 Å². The third kappa shape index (κ3) is 9.63. The molecule has 0 radical (unpaired) electrons. The molecule has 0 aliphatic carbocycles. The summed E-state index contributed by atoms with van der Waals surface area (Å²) >= 11 is 0. The minimum absolute atomic E-state index is 0.00702. The fraction of sp³-hybridized carbons (Fsp3) is 0.471. The van der Waals surface area contributed by atoms with Gasteiger partial charge in [-0.15, -0.1) is 6.61 Å². The number of ether oxygens (including phenoxy) is 5. The van der Waals surface area contributed by atoms with Crippen LogP contribution in [0.1, 0.15) is 17.5 Å². The Kier molecular flexibility index (Phi) is 12.8. The topological polar surface area (TPSA) is 75.7 Å². The summed E-state index contributed by atoms with van der Waals surface area (Å²) in [7, 11) is 1.65. The third-order valence-corrected chi connectivity index (χ3v) is 7.43. The van der Waals surface area contributed by atoms with Gasteiger partial charge in [0.2, 0.25) is 0 Å². The highest BCUT2D eigenvalue weighted by Gasteiger charge is 2.18. The van der Waals surface area contributed by atoms with Crippen molar-refractivity contribution in [3.8, 4) is 28.4 Å². The van der Waals surface area contributed by atoms with Gasteiger partial charge in [0.05, 0.1) is 19.8 Å². The van der Waals surface area contributed by atoms with Gasteiger partial charge < -0.3 is 33.7 Å². The summed E-state index contributed by atoms with van der Waals surface area (Å²) in [5, 5.41) is 10.9. The van der Waals surface area contributed by atoms with Crippen LogP contribution in [-0.2, 0) is 9.47 Å². The van der Waals surface area contributed by atoms with E-state index >= 15 is 0 Å². The molecule has 4 rings (SSSR count). The van der Waals surface area contributed by atoms with Crippen molar-refractivity contribution >= 4 is 5.69 Å². The molecular formula is C34H45N2O6-. The molecule has 0 bridgehead atoms. The monoisotopic (exact) mass is 577 g/mol. The fourth-order valence-electron chi connectivity index (χ4n) is 5.03.